The Hall–Kier alpha value is -2.59. The molecule has 0 radical (unpaired) electrons. The number of benzene rings is 1. The molecule has 3 heterocycles. The molecule has 0 aromatic heterocycles. The predicted molar refractivity (Wildman–Crippen MR) is 134 cm³/mol. The molecule has 196 valence electrons. The van der Waals surface area contributed by atoms with E-state index in [9.17, 15) is 14.7 Å². The molecule has 9 nitrogen and oxygen atoms in total. The van der Waals surface area contributed by atoms with E-state index in [-0.39, 0.29) is 31.0 Å². The van der Waals surface area contributed by atoms with Crippen LogP contribution < -0.4 is 15.0 Å². The van der Waals surface area contributed by atoms with Gasteiger partial charge in [0.1, 0.15) is 23.0 Å². The Balaban J connectivity index is 1.66. The van der Waals surface area contributed by atoms with Crippen LogP contribution in [0, 0.1) is 0 Å². The monoisotopic (exact) mass is 520 g/mol. The summed E-state index contributed by atoms with van der Waals surface area (Å²) in [5, 5.41) is 14.1. The van der Waals surface area contributed by atoms with Crippen LogP contribution in [0.3, 0.4) is 0 Å². The fraction of sp³-hybridized carbons (Fsp3) is 0.538. The van der Waals surface area contributed by atoms with Gasteiger partial charge in [0.25, 0.3) is 0 Å². The highest BCUT2D eigenvalue weighted by molar-refractivity contribution is 6.35. The van der Waals surface area contributed by atoms with Gasteiger partial charge in [-0.25, -0.2) is 4.79 Å². The zero-order valence-electron chi connectivity index (χ0n) is 21.0. The fourth-order valence-electron chi connectivity index (χ4n) is 4.85. The summed E-state index contributed by atoms with van der Waals surface area (Å²) >= 11 is 6.56. The van der Waals surface area contributed by atoms with Gasteiger partial charge in [-0.05, 0) is 37.5 Å². The molecule has 4 bridgehead atoms. The van der Waals surface area contributed by atoms with Gasteiger partial charge in [-0.1, -0.05) is 35.4 Å². The van der Waals surface area contributed by atoms with E-state index in [2.05, 4.69) is 5.32 Å². The molecule has 0 spiro atoms. The number of aliphatic hydroxyl groups is 1. The van der Waals surface area contributed by atoms with Crippen molar-refractivity contribution in [1.82, 2.24) is 5.32 Å². The summed E-state index contributed by atoms with van der Waals surface area (Å²) in [5.41, 5.74) is 0.899. The molecule has 2 N–H and O–H groups in total. The number of epoxide rings is 1. The largest absolute Gasteiger partial charge is 0.495 e. The minimum absolute atomic E-state index is 0.0935. The van der Waals surface area contributed by atoms with Crippen LogP contribution in [0.25, 0.3) is 0 Å². The fourth-order valence-corrected chi connectivity index (χ4v) is 5.16. The summed E-state index contributed by atoms with van der Waals surface area (Å²) in [7, 11) is 4.72. The molecule has 36 heavy (non-hydrogen) atoms. The Morgan fingerprint density at radius 3 is 2.75 bits per heavy atom. The lowest BCUT2D eigenvalue weighted by Crippen LogP contribution is -2.62. The van der Waals surface area contributed by atoms with Gasteiger partial charge in [0.2, 0.25) is 5.91 Å². The molecule has 5 atom stereocenters. The first-order valence-corrected chi connectivity index (χ1v) is 12.4. The number of halogens is 1. The van der Waals surface area contributed by atoms with Crippen LogP contribution in [0.4, 0.5) is 10.5 Å². The average Bonchev–Trinajstić information content (AvgIpc) is 3.56. The number of nitrogens with one attached hydrogen (secondary N) is 1. The van der Waals surface area contributed by atoms with E-state index in [1.807, 2.05) is 25.1 Å². The summed E-state index contributed by atoms with van der Waals surface area (Å²) < 4.78 is 22.1. The van der Waals surface area contributed by atoms with Crippen molar-refractivity contribution in [2.75, 3.05) is 26.2 Å². The maximum atomic E-state index is 13.0. The highest BCUT2D eigenvalue weighted by atomic mass is 35.5. The molecule has 0 aliphatic carbocycles. The molecule has 1 aromatic rings. The second kappa shape index (κ2) is 10.8. The van der Waals surface area contributed by atoms with Gasteiger partial charge in [-0.2, -0.15) is 0 Å². The van der Waals surface area contributed by atoms with Gasteiger partial charge >= 0.3 is 6.09 Å². The maximum absolute atomic E-state index is 13.0. The lowest BCUT2D eigenvalue weighted by atomic mass is 9.93. The second-order valence-corrected chi connectivity index (χ2v) is 9.96. The average molecular weight is 521 g/mol. The third-order valence-electron chi connectivity index (χ3n) is 6.87. The molecular formula is C26H33ClN2O7. The standard InChI is InChI=1S/C26H33ClN2O7/c1-15-6-5-7-22(34-4)26(32)14-17(35-25(31)28-26)13-20-19(36-20)8-9-23(30)29(2)18-11-16(10-15)12-21(33-3)24(18)27/h5-7,11-12,17,19-20,22,32H,8-10,13-14H2,1-4H3,(H,28,31)/b7-5+,15-6+/t17?,19?,20-,22?,26-/m0/s1. The number of allylic oxidation sites excluding steroid dienone is 3. The van der Waals surface area contributed by atoms with Gasteiger partial charge in [0.15, 0.2) is 5.72 Å². The van der Waals surface area contributed by atoms with Crippen molar-refractivity contribution >= 4 is 29.3 Å². The van der Waals surface area contributed by atoms with Crippen LogP contribution in [0.2, 0.25) is 5.02 Å². The van der Waals surface area contributed by atoms with Crippen molar-refractivity contribution in [2.45, 2.75) is 69.2 Å². The third kappa shape index (κ3) is 5.86. The van der Waals surface area contributed by atoms with Gasteiger partial charge in [-0.15, -0.1) is 0 Å². The van der Waals surface area contributed by atoms with Crippen molar-refractivity contribution in [1.29, 1.82) is 0 Å². The molecule has 2 saturated heterocycles. The van der Waals surface area contributed by atoms with Crippen LogP contribution in [-0.4, -0.2) is 68.5 Å². The summed E-state index contributed by atoms with van der Waals surface area (Å²) in [6.45, 7) is 1.97. The van der Waals surface area contributed by atoms with Crippen molar-refractivity contribution in [2.24, 2.45) is 0 Å². The van der Waals surface area contributed by atoms with Crippen LogP contribution in [0.5, 0.6) is 5.75 Å². The lowest BCUT2D eigenvalue weighted by molar-refractivity contribution is -0.135. The molecule has 1 aromatic carbocycles. The minimum Gasteiger partial charge on any atom is -0.495 e. The first-order chi connectivity index (χ1) is 17.1. The van der Waals surface area contributed by atoms with E-state index in [1.54, 1.807) is 31.2 Å². The maximum Gasteiger partial charge on any atom is 0.409 e. The van der Waals surface area contributed by atoms with Crippen LogP contribution in [-0.2, 0) is 25.4 Å². The number of hydrogen-bond donors (Lipinski definition) is 2. The number of ether oxygens (including phenoxy) is 4. The van der Waals surface area contributed by atoms with Gasteiger partial charge < -0.3 is 29.0 Å². The Kier molecular flexibility index (Phi) is 7.94. The number of nitrogens with zero attached hydrogens (tertiary/aromatic N) is 1. The quantitative estimate of drug-likeness (QED) is 0.574. The SMILES string of the molecule is COc1cc2cc(c1Cl)N(C)C(=O)CCC1O[C@H]1CC1C[C@@](O)(NC(=O)O1)C(OC)/C=C/C=C(\C)C2. The molecule has 3 unspecified atom stereocenters. The Morgan fingerprint density at radius 1 is 1.25 bits per heavy atom. The molecule has 4 rings (SSSR count). The highest BCUT2D eigenvalue weighted by Gasteiger charge is 2.48. The highest BCUT2D eigenvalue weighted by Crippen LogP contribution is 2.38. The zero-order chi connectivity index (χ0) is 26.0. The Morgan fingerprint density at radius 2 is 2.03 bits per heavy atom. The second-order valence-electron chi connectivity index (χ2n) is 9.58. The first kappa shape index (κ1) is 26.5. The van der Waals surface area contributed by atoms with E-state index in [4.69, 9.17) is 30.5 Å². The van der Waals surface area contributed by atoms with Crippen LogP contribution >= 0.6 is 11.6 Å². The zero-order valence-corrected chi connectivity index (χ0v) is 21.7. The summed E-state index contributed by atoms with van der Waals surface area (Å²) in [4.78, 5) is 26.8. The topological polar surface area (TPSA) is 110 Å². The number of carbonyl (C=O) groups is 2. The normalized spacial score (nSPS) is 33.5. The Bertz CT molecular complexity index is 1070. The smallest absolute Gasteiger partial charge is 0.409 e. The number of anilines is 1. The molecule has 3 aliphatic heterocycles. The van der Waals surface area contributed by atoms with Crippen LogP contribution in [0.15, 0.2) is 35.9 Å². The van der Waals surface area contributed by atoms with E-state index in [0.717, 1.165) is 11.1 Å². The summed E-state index contributed by atoms with van der Waals surface area (Å²) in [5.74, 6) is 0.400. The van der Waals surface area contributed by atoms with E-state index in [0.29, 0.717) is 35.7 Å². The summed E-state index contributed by atoms with van der Waals surface area (Å²) in [6, 6.07) is 3.75. The lowest BCUT2D eigenvalue weighted by Gasteiger charge is -2.40. The van der Waals surface area contributed by atoms with Crippen molar-refractivity contribution in [3.63, 3.8) is 0 Å². The van der Waals surface area contributed by atoms with Gasteiger partial charge in [0, 0.05) is 33.4 Å². The van der Waals surface area contributed by atoms with Crippen molar-refractivity contribution in [3.8, 4) is 5.75 Å². The predicted octanol–water partition coefficient (Wildman–Crippen LogP) is 3.51. The van der Waals surface area contributed by atoms with E-state index < -0.39 is 24.0 Å². The van der Waals surface area contributed by atoms with E-state index in [1.165, 1.54) is 7.11 Å². The van der Waals surface area contributed by atoms with Crippen molar-refractivity contribution < 1.29 is 33.6 Å². The van der Waals surface area contributed by atoms with Crippen molar-refractivity contribution in [3.05, 3.63) is 46.5 Å². The first-order valence-electron chi connectivity index (χ1n) is 12.0. The minimum atomic E-state index is -1.63. The number of hydrogen-bond acceptors (Lipinski definition) is 7. The van der Waals surface area contributed by atoms with Gasteiger partial charge in [0.05, 0.1) is 25.0 Å². The number of rotatable bonds is 2. The molecule has 2 amide bonds. The third-order valence-corrected chi connectivity index (χ3v) is 7.25. The molecular weight excluding hydrogens is 488 g/mol. The molecule has 2 fully saturated rings. The number of fused-ring (bicyclic) bond motifs is 5. The number of alkyl carbamates (subject to hydrolysis) is 1. The van der Waals surface area contributed by atoms with Gasteiger partial charge in [-0.3, -0.25) is 10.1 Å². The molecule has 10 heteroatoms. The van der Waals surface area contributed by atoms with E-state index >= 15 is 0 Å². The summed E-state index contributed by atoms with van der Waals surface area (Å²) in [6.07, 6.45) is 5.03. The number of carbonyl (C=O) groups excluding carboxylic acids is 2. The molecule has 0 saturated carbocycles. The molecule has 3 aliphatic rings. The van der Waals surface area contributed by atoms with Crippen LogP contribution in [0.1, 0.15) is 38.2 Å². The number of amides is 2. The number of methoxy groups -OCH3 is 2. The Labute approximate surface area is 216 Å².